The number of rotatable bonds is 5. The molecule has 0 aliphatic carbocycles. The first-order valence-electron chi connectivity index (χ1n) is 6.08. The minimum atomic E-state index is -0.0281. The van der Waals surface area contributed by atoms with Gasteiger partial charge in [-0.2, -0.15) is 0 Å². The first-order valence-corrected chi connectivity index (χ1v) is 6.08. The third-order valence-electron chi connectivity index (χ3n) is 3.39. The van der Waals surface area contributed by atoms with Gasteiger partial charge in [0.15, 0.2) is 0 Å². The highest BCUT2D eigenvalue weighted by atomic mass is 16.3. The average molecular weight is 228 g/mol. The van der Waals surface area contributed by atoms with Crippen molar-refractivity contribution in [3.63, 3.8) is 0 Å². The minimum Gasteiger partial charge on any atom is -0.396 e. The number of aliphatic hydroxyl groups excluding tert-OH is 1. The fraction of sp³-hybridized carbons (Fsp3) is 0.917. The summed E-state index contributed by atoms with van der Waals surface area (Å²) in [5, 5.41) is 15.2. The minimum absolute atomic E-state index is 0.0281. The number of carbonyl (C=O) groups excluding carboxylic acids is 1. The molecule has 0 aromatic heterocycles. The van der Waals surface area contributed by atoms with E-state index in [1.165, 1.54) is 0 Å². The van der Waals surface area contributed by atoms with Crippen molar-refractivity contribution in [3.8, 4) is 0 Å². The van der Waals surface area contributed by atoms with Crippen LogP contribution in [0.2, 0.25) is 0 Å². The fourth-order valence-corrected chi connectivity index (χ4v) is 2.07. The first kappa shape index (κ1) is 13.5. The van der Waals surface area contributed by atoms with E-state index < -0.39 is 0 Å². The number of aliphatic hydroxyl groups is 1. The van der Waals surface area contributed by atoms with Crippen LogP contribution in [0, 0.1) is 11.3 Å². The number of hydrogen-bond acceptors (Lipinski definition) is 3. The highest BCUT2D eigenvalue weighted by Gasteiger charge is 2.30. The van der Waals surface area contributed by atoms with Gasteiger partial charge in [-0.1, -0.05) is 13.8 Å². The Kier molecular flexibility index (Phi) is 4.74. The van der Waals surface area contributed by atoms with Crippen LogP contribution in [0.25, 0.3) is 0 Å². The molecule has 1 saturated heterocycles. The van der Waals surface area contributed by atoms with E-state index in [4.69, 9.17) is 5.11 Å². The molecule has 4 nitrogen and oxygen atoms in total. The second kappa shape index (κ2) is 5.64. The molecular formula is C12H24N2O2. The smallest absolute Gasteiger partial charge is 0.224 e. The highest BCUT2D eigenvalue weighted by molar-refractivity contribution is 5.79. The average Bonchev–Trinajstić information content (AvgIpc) is 2.61. The van der Waals surface area contributed by atoms with Crippen molar-refractivity contribution in [1.29, 1.82) is 0 Å². The van der Waals surface area contributed by atoms with Gasteiger partial charge in [0.05, 0.1) is 5.92 Å². The Morgan fingerprint density at radius 3 is 2.75 bits per heavy atom. The normalized spacial score (nSPS) is 25.8. The van der Waals surface area contributed by atoms with Crippen LogP contribution in [0.4, 0.5) is 0 Å². The summed E-state index contributed by atoms with van der Waals surface area (Å²) in [6.07, 6.45) is 1.64. The molecule has 1 amide bonds. The van der Waals surface area contributed by atoms with E-state index in [1.807, 2.05) is 0 Å². The van der Waals surface area contributed by atoms with Gasteiger partial charge in [0.2, 0.25) is 5.91 Å². The van der Waals surface area contributed by atoms with Gasteiger partial charge in [-0.15, -0.1) is 0 Å². The van der Waals surface area contributed by atoms with Gasteiger partial charge in [0.25, 0.3) is 0 Å². The van der Waals surface area contributed by atoms with Gasteiger partial charge in [-0.3, -0.25) is 4.79 Å². The monoisotopic (exact) mass is 228 g/mol. The zero-order valence-corrected chi connectivity index (χ0v) is 10.5. The maximum atomic E-state index is 11.9. The van der Waals surface area contributed by atoms with Gasteiger partial charge < -0.3 is 15.7 Å². The third-order valence-corrected chi connectivity index (χ3v) is 3.39. The summed E-state index contributed by atoms with van der Waals surface area (Å²) in [6, 6.07) is 0.279. The molecule has 0 radical (unpaired) electrons. The van der Waals surface area contributed by atoms with Crippen molar-refractivity contribution in [2.24, 2.45) is 11.3 Å². The Balaban J connectivity index is 2.34. The van der Waals surface area contributed by atoms with Crippen molar-refractivity contribution < 1.29 is 9.90 Å². The quantitative estimate of drug-likeness (QED) is 0.642. The van der Waals surface area contributed by atoms with Crippen LogP contribution < -0.4 is 10.6 Å². The third kappa shape index (κ3) is 3.76. The van der Waals surface area contributed by atoms with Crippen LogP contribution >= 0.6 is 0 Å². The van der Waals surface area contributed by atoms with E-state index in [0.717, 1.165) is 13.0 Å². The zero-order valence-electron chi connectivity index (χ0n) is 10.5. The summed E-state index contributed by atoms with van der Waals surface area (Å²) in [5.41, 5.74) is -0.0281. The second-order valence-corrected chi connectivity index (χ2v) is 5.49. The van der Waals surface area contributed by atoms with Crippen molar-refractivity contribution in [1.82, 2.24) is 10.6 Å². The van der Waals surface area contributed by atoms with Crippen LogP contribution in [0.5, 0.6) is 0 Å². The van der Waals surface area contributed by atoms with Crippen molar-refractivity contribution in [2.75, 3.05) is 19.7 Å². The van der Waals surface area contributed by atoms with Crippen LogP contribution in [-0.4, -0.2) is 36.8 Å². The maximum Gasteiger partial charge on any atom is 0.224 e. The zero-order chi connectivity index (χ0) is 12.2. The van der Waals surface area contributed by atoms with E-state index in [0.29, 0.717) is 13.0 Å². The lowest BCUT2D eigenvalue weighted by Gasteiger charge is -2.25. The summed E-state index contributed by atoms with van der Waals surface area (Å²) in [7, 11) is 0. The number of amides is 1. The molecule has 0 aromatic carbocycles. The molecule has 1 heterocycles. The van der Waals surface area contributed by atoms with Crippen LogP contribution in [0.15, 0.2) is 0 Å². The van der Waals surface area contributed by atoms with Gasteiger partial charge in [-0.25, -0.2) is 0 Å². The van der Waals surface area contributed by atoms with E-state index in [9.17, 15) is 4.79 Å². The van der Waals surface area contributed by atoms with Crippen molar-refractivity contribution in [2.45, 2.75) is 39.7 Å². The van der Waals surface area contributed by atoms with Crippen LogP contribution in [-0.2, 0) is 4.79 Å². The highest BCUT2D eigenvalue weighted by Crippen LogP contribution is 2.19. The molecule has 2 unspecified atom stereocenters. The molecule has 0 bridgehead atoms. The number of carbonyl (C=O) groups is 1. The SMILES string of the molecule is CC1NCCC1C(=O)NCC(C)(C)CCO. The molecule has 2 atom stereocenters. The maximum absolute atomic E-state index is 11.9. The predicted octanol–water partition coefficient (Wildman–Crippen LogP) is 0.509. The Morgan fingerprint density at radius 1 is 1.56 bits per heavy atom. The van der Waals surface area contributed by atoms with Crippen LogP contribution in [0.3, 0.4) is 0 Å². The fourth-order valence-electron chi connectivity index (χ4n) is 2.07. The molecule has 4 heteroatoms. The van der Waals surface area contributed by atoms with E-state index >= 15 is 0 Å². The lowest BCUT2D eigenvalue weighted by Crippen LogP contribution is -2.41. The Labute approximate surface area is 97.8 Å². The number of nitrogens with one attached hydrogen (secondary N) is 2. The van der Waals surface area contributed by atoms with Gasteiger partial charge in [-0.05, 0) is 31.7 Å². The predicted molar refractivity (Wildman–Crippen MR) is 64.1 cm³/mol. The van der Waals surface area contributed by atoms with Crippen molar-refractivity contribution in [3.05, 3.63) is 0 Å². The molecule has 1 fully saturated rings. The Hall–Kier alpha value is -0.610. The molecule has 3 N–H and O–H groups in total. The standard InChI is InChI=1S/C12H24N2O2/c1-9-10(4-6-13-9)11(16)14-8-12(2,3)5-7-15/h9-10,13,15H,4-8H2,1-3H3,(H,14,16). The first-order chi connectivity index (χ1) is 7.46. The molecule has 16 heavy (non-hydrogen) atoms. The van der Waals surface area contributed by atoms with E-state index in [-0.39, 0.29) is 29.9 Å². The summed E-state index contributed by atoms with van der Waals surface area (Å²) < 4.78 is 0. The summed E-state index contributed by atoms with van der Waals surface area (Å²) >= 11 is 0. The molecule has 1 rings (SSSR count). The lowest BCUT2D eigenvalue weighted by molar-refractivity contribution is -0.125. The van der Waals surface area contributed by atoms with E-state index in [1.54, 1.807) is 0 Å². The Bertz CT molecular complexity index is 241. The number of hydrogen-bond donors (Lipinski definition) is 3. The molecule has 94 valence electrons. The molecule has 0 aromatic rings. The van der Waals surface area contributed by atoms with Gasteiger partial charge >= 0.3 is 0 Å². The van der Waals surface area contributed by atoms with Gasteiger partial charge in [0, 0.05) is 19.2 Å². The molecule has 0 spiro atoms. The summed E-state index contributed by atoms with van der Waals surface area (Å²) in [6.45, 7) is 7.90. The second-order valence-electron chi connectivity index (χ2n) is 5.49. The largest absolute Gasteiger partial charge is 0.396 e. The molecule has 1 aliphatic heterocycles. The van der Waals surface area contributed by atoms with Crippen molar-refractivity contribution >= 4 is 5.91 Å². The lowest BCUT2D eigenvalue weighted by atomic mass is 9.89. The van der Waals surface area contributed by atoms with Gasteiger partial charge in [0.1, 0.15) is 0 Å². The summed E-state index contributed by atoms with van der Waals surface area (Å²) in [4.78, 5) is 11.9. The summed E-state index contributed by atoms with van der Waals surface area (Å²) in [5.74, 6) is 0.244. The molecule has 1 aliphatic rings. The Morgan fingerprint density at radius 2 is 2.25 bits per heavy atom. The van der Waals surface area contributed by atoms with E-state index in [2.05, 4.69) is 31.4 Å². The molecule has 0 saturated carbocycles. The topological polar surface area (TPSA) is 61.4 Å². The van der Waals surface area contributed by atoms with Crippen LogP contribution in [0.1, 0.15) is 33.6 Å². The molecular weight excluding hydrogens is 204 g/mol.